The lowest BCUT2D eigenvalue weighted by atomic mass is 9.90. The molecule has 6 nitrogen and oxygen atoms in total. The number of fused-ring (bicyclic) bond motifs is 1. The predicted octanol–water partition coefficient (Wildman–Crippen LogP) is 2.06. The van der Waals surface area contributed by atoms with Gasteiger partial charge in [-0.3, -0.25) is 0 Å². The van der Waals surface area contributed by atoms with Crippen molar-refractivity contribution in [1.29, 1.82) is 0 Å². The van der Waals surface area contributed by atoms with Crippen molar-refractivity contribution in [2.24, 2.45) is 20.4 Å². The van der Waals surface area contributed by atoms with Crippen LogP contribution < -0.4 is 10.5 Å². The van der Waals surface area contributed by atoms with E-state index >= 15 is 0 Å². The number of sulfonamides is 1. The highest BCUT2D eigenvalue weighted by Crippen LogP contribution is 2.37. The van der Waals surface area contributed by atoms with Gasteiger partial charge in [0.2, 0.25) is 10.0 Å². The molecule has 0 saturated carbocycles. The maximum atomic E-state index is 12.6. The van der Waals surface area contributed by atoms with E-state index in [4.69, 9.17) is 5.73 Å². The zero-order valence-electron chi connectivity index (χ0n) is 11.6. The molecule has 1 heterocycles. The second-order valence-electron chi connectivity index (χ2n) is 5.27. The van der Waals surface area contributed by atoms with Crippen LogP contribution in [0.15, 0.2) is 31.8 Å². The summed E-state index contributed by atoms with van der Waals surface area (Å²) >= 11 is 0.996. The minimum absolute atomic E-state index is 0.0648. The molecule has 110 valence electrons. The van der Waals surface area contributed by atoms with E-state index in [1.54, 1.807) is 19.1 Å². The second-order valence-corrected chi connectivity index (χ2v) is 7.45. The highest BCUT2D eigenvalue weighted by Gasteiger charge is 2.34. The maximum absolute atomic E-state index is 12.6. The van der Waals surface area contributed by atoms with Gasteiger partial charge in [0.05, 0.1) is 11.4 Å². The zero-order valence-corrected chi connectivity index (χ0v) is 13.3. The quantitative estimate of drug-likeness (QED) is 0.884. The summed E-state index contributed by atoms with van der Waals surface area (Å²) in [5, 5.41) is 0. The largest absolute Gasteiger partial charge is 0.329 e. The average Bonchev–Trinajstić information content (AvgIpc) is 2.85. The molecule has 0 saturated heterocycles. The van der Waals surface area contributed by atoms with Crippen molar-refractivity contribution in [1.82, 2.24) is 4.72 Å². The number of nitrogens with two attached hydrogens (primary N) is 1. The van der Waals surface area contributed by atoms with Gasteiger partial charge < -0.3 is 5.73 Å². The molecule has 2 rings (SSSR count). The zero-order chi connectivity index (χ0) is 15.0. The van der Waals surface area contributed by atoms with Crippen molar-refractivity contribution in [3.05, 3.63) is 18.2 Å². The molecule has 20 heavy (non-hydrogen) atoms. The minimum Gasteiger partial charge on any atom is -0.329 e. The smallest absolute Gasteiger partial charge is 0.243 e. The maximum Gasteiger partial charge on any atom is 0.243 e. The van der Waals surface area contributed by atoms with Crippen LogP contribution in [0.2, 0.25) is 0 Å². The van der Waals surface area contributed by atoms with E-state index < -0.39 is 15.6 Å². The normalized spacial score (nSPS) is 16.9. The summed E-state index contributed by atoms with van der Waals surface area (Å²) in [6.07, 6.45) is 0. The fraction of sp³-hybridized carbons (Fsp3) is 0.500. The lowest BCUT2D eigenvalue weighted by Gasteiger charge is -2.33. The Hall–Kier alpha value is -1.09. The van der Waals surface area contributed by atoms with E-state index in [0.717, 1.165) is 11.4 Å². The Balaban J connectivity index is 2.43. The molecule has 1 aromatic carbocycles. The highest BCUT2D eigenvalue weighted by atomic mass is 32.2. The van der Waals surface area contributed by atoms with Crippen molar-refractivity contribution < 1.29 is 8.42 Å². The van der Waals surface area contributed by atoms with E-state index in [1.807, 2.05) is 13.8 Å². The number of benzene rings is 1. The summed E-state index contributed by atoms with van der Waals surface area (Å²) < 4.78 is 36.0. The number of hydrogen-bond acceptors (Lipinski definition) is 5. The van der Waals surface area contributed by atoms with Crippen LogP contribution in [0, 0.1) is 5.92 Å². The fourth-order valence-electron chi connectivity index (χ4n) is 1.76. The van der Waals surface area contributed by atoms with Crippen LogP contribution in [-0.2, 0) is 21.4 Å². The van der Waals surface area contributed by atoms with Crippen LogP contribution in [0.25, 0.3) is 0 Å². The first-order chi connectivity index (χ1) is 9.30. The van der Waals surface area contributed by atoms with Gasteiger partial charge in [0.15, 0.2) is 0 Å². The highest BCUT2D eigenvalue weighted by molar-refractivity contribution is 7.89. The third-order valence-corrected chi connectivity index (χ3v) is 5.79. The van der Waals surface area contributed by atoms with Crippen LogP contribution in [0.5, 0.6) is 0 Å². The molecule has 8 heteroatoms. The average molecular weight is 314 g/mol. The molecule has 1 aliphatic heterocycles. The molecular weight excluding hydrogens is 296 g/mol. The fourth-order valence-corrected chi connectivity index (χ4v) is 4.07. The number of nitrogens with zero attached hydrogens (tertiary/aromatic N) is 2. The van der Waals surface area contributed by atoms with Crippen molar-refractivity contribution >= 4 is 32.8 Å². The molecular formula is C12H18N4O2S2. The van der Waals surface area contributed by atoms with Crippen LogP contribution in [0.3, 0.4) is 0 Å². The molecule has 0 spiro atoms. The first-order valence-corrected chi connectivity index (χ1v) is 8.47. The standard InChI is InChI=1S/C12H18N4O2S2/c1-8(2)12(3,7-13)16-20(17,18)10-6-4-5-9-11(10)15-19-14-9/h4-6,8,16H,7,13H2,1-3H3. The monoisotopic (exact) mass is 314 g/mol. The minimum atomic E-state index is -3.70. The molecule has 0 fully saturated rings. The van der Waals surface area contributed by atoms with Crippen molar-refractivity contribution in [3.63, 3.8) is 0 Å². The molecule has 0 bridgehead atoms. The van der Waals surface area contributed by atoms with Gasteiger partial charge in [0.1, 0.15) is 16.3 Å². The summed E-state index contributed by atoms with van der Waals surface area (Å²) in [4.78, 5) is 0.143. The number of rotatable bonds is 5. The van der Waals surface area contributed by atoms with Gasteiger partial charge in [-0.25, -0.2) is 13.1 Å². The third kappa shape index (κ3) is 2.69. The van der Waals surface area contributed by atoms with E-state index in [0.29, 0.717) is 11.4 Å². The molecule has 1 aromatic rings. The van der Waals surface area contributed by atoms with Gasteiger partial charge in [0.25, 0.3) is 0 Å². The van der Waals surface area contributed by atoms with E-state index in [2.05, 4.69) is 13.4 Å². The first-order valence-electron chi connectivity index (χ1n) is 6.25. The summed E-state index contributed by atoms with van der Waals surface area (Å²) in [6.45, 7) is 5.88. The lowest BCUT2D eigenvalue weighted by Crippen LogP contribution is -2.54. The first kappa shape index (κ1) is 15.3. The van der Waals surface area contributed by atoms with Crippen molar-refractivity contribution in [2.45, 2.75) is 31.2 Å². The van der Waals surface area contributed by atoms with Gasteiger partial charge in [0, 0.05) is 12.1 Å². The molecule has 3 N–H and O–H groups in total. The van der Waals surface area contributed by atoms with Crippen LogP contribution >= 0.6 is 0 Å². The van der Waals surface area contributed by atoms with Crippen LogP contribution in [0.4, 0.5) is 11.4 Å². The van der Waals surface area contributed by atoms with Gasteiger partial charge in [-0.05, 0) is 25.0 Å². The molecule has 0 amide bonds. The molecule has 0 aliphatic carbocycles. The lowest BCUT2D eigenvalue weighted by molar-refractivity contribution is 0.315. The van der Waals surface area contributed by atoms with Crippen molar-refractivity contribution in [3.8, 4) is 0 Å². The van der Waals surface area contributed by atoms with Crippen molar-refractivity contribution in [2.75, 3.05) is 6.54 Å². The summed E-state index contributed by atoms with van der Waals surface area (Å²) in [5.41, 5.74) is 6.01. The molecule has 0 radical (unpaired) electrons. The van der Waals surface area contributed by atoms with Gasteiger partial charge >= 0.3 is 0 Å². The molecule has 0 aromatic heterocycles. The Morgan fingerprint density at radius 1 is 1.40 bits per heavy atom. The SMILES string of the molecule is CC(C)C(C)(CN)NS(=O)(=O)c1cccc2c1N=S=N2. The Kier molecular flexibility index (Phi) is 4.10. The topological polar surface area (TPSA) is 96.9 Å². The van der Waals surface area contributed by atoms with Gasteiger partial charge in [-0.1, -0.05) is 19.9 Å². The van der Waals surface area contributed by atoms with E-state index in [1.165, 1.54) is 6.07 Å². The van der Waals surface area contributed by atoms with E-state index in [9.17, 15) is 8.42 Å². The van der Waals surface area contributed by atoms with E-state index in [-0.39, 0.29) is 17.4 Å². The Morgan fingerprint density at radius 2 is 2.10 bits per heavy atom. The Labute approximate surface area is 122 Å². The Bertz CT molecular complexity index is 693. The number of hydrogen-bond donors (Lipinski definition) is 2. The summed E-state index contributed by atoms with van der Waals surface area (Å²) in [5.74, 6) is 0.0648. The Morgan fingerprint density at radius 3 is 2.70 bits per heavy atom. The number of nitrogens with one attached hydrogen (secondary N) is 1. The second kappa shape index (κ2) is 5.36. The molecule has 1 unspecified atom stereocenters. The third-order valence-electron chi connectivity index (χ3n) is 3.60. The predicted molar refractivity (Wildman–Crippen MR) is 80.6 cm³/mol. The van der Waals surface area contributed by atoms with Gasteiger partial charge in [-0.2, -0.15) is 8.73 Å². The molecule has 1 atom stereocenters. The van der Waals surface area contributed by atoms with Crippen LogP contribution in [-0.4, -0.2) is 20.5 Å². The summed E-state index contributed by atoms with van der Waals surface area (Å²) in [7, 11) is -3.70. The summed E-state index contributed by atoms with van der Waals surface area (Å²) in [6, 6.07) is 4.93. The van der Waals surface area contributed by atoms with Gasteiger partial charge in [-0.15, -0.1) is 0 Å². The van der Waals surface area contributed by atoms with Crippen LogP contribution in [0.1, 0.15) is 20.8 Å². The molecule has 1 aliphatic rings.